The fraction of sp³-hybridized carbons (Fsp3) is 0.500. The van der Waals surface area contributed by atoms with Gasteiger partial charge in [-0.2, -0.15) is 0 Å². The lowest BCUT2D eigenvalue weighted by atomic mass is 10.0. The Kier molecular flexibility index (Phi) is 4.21. The van der Waals surface area contributed by atoms with E-state index >= 15 is 0 Å². The van der Waals surface area contributed by atoms with Crippen molar-refractivity contribution in [3.63, 3.8) is 0 Å². The zero-order valence-electron chi connectivity index (χ0n) is 10.0. The molecule has 1 aliphatic heterocycles. The van der Waals surface area contributed by atoms with Crippen LogP contribution < -0.4 is 9.46 Å². The van der Waals surface area contributed by atoms with Gasteiger partial charge in [-0.05, 0) is 12.5 Å². The molecule has 1 aromatic rings. The minimum absolute atomic E-state index is 0.0526. The van der Waals surface area contributed by atoms with E-state index in [1.54, 1.807) is 0 Å². The van der Waals surface area contributed by atoms with Crippen molar-refractivity contribution < 1.29 is 18.3 Å². The Bertz CT molecular complexity index is 501. The molecule has 0 saturated carbocycles. The Morgan fingerprint density at radius 2 is 2.17 bits per heavy atom. The summed E-state index contributed by atoms with van der Waals surface area (Å²) in [5.41, 5.74) is 0.872. The summed E-state index contributed by atoms with van der Waals surface area (Å²) in [6.45, 7) is 0.384. The molecule has 18 heavy (non-hydrogen) atoms. The minimum atomic E-state index is -3.35. The standard InChI is InChI=1S/C12H17NO4S/c14-7-3-9-18(15,16)13-11-6-8-17-12-5-2-1-4-10(11)12/h1-2,4-5,11,13-14H,3,6-9H2. The molecule has 1 aromatic carbocycles. The summed E-state index contributed by atoms with van der Waals surface area (Å²) in [5, 5.41) is 8.68. The van der Waals surface area contributed by atoms with E-state index in [4.69, 9.17) is 9.84 Å². The quantitative estimate of drug-likeness (QED) is 0.831. The summed E-state index contributed by atoms with van der Waals surface area (Å²) in [4.78, 5) is 0. The van der Waals surface area contributed by atoms with Crippen molar-refractivity contribution in [2.45, 2.75) is 18.9 Å². The molecule has 2 N–H and O–H groups in total. The molecule has 1 aliphatic rings. The molecule has 100 valence electrons. The van der Waals surface area contributed by atoms with Crippen LogP contribution in [0.4, 0.5) is 0 Å². The molecule has 0 radical (unpaired) electrons. The first-order chi connectivity index (χ1) is 8.62. The number of aliphatic hydroxyl groups is 1. The molecule has 6 heteroatoms. The fourth-order valence-corrected chi connectivity index (χ4v) is 3.30. The van der Waals surface area contributed by atoms with Crippen molar-refractivity contribution in [2.75, 3.05) is 19.0 Å². The smallest absolute Gasteiger partial charge is 0.212 e. The highest BCUT2D eigenvalue weighted by Gasteiger charge is 2.25. The maximum absolute atomic E-state index is 11.8. The van der Waals surface area contributed by atoms with Gasteiger partial charge in [0.2, 0.25) is 10.0 Å². The molecule has 0 fully saturated rings. The zero-order valence-corrected chi connectivity index (χ0v) is 10.8. The third-order valence-electron chi connectivity index (χ3n) is 2.85. The van der Waals surface area contributed by atoms with Crippen molar-refractivity contribution in [2.24, 2.45) is 0 Å². The van der Waals surface area contributed by atoms with Crippen molar-refractivity contribution in [1.82, 2.24) is 4.72 Å². The first kappa shape index (κ1) is 13.3. The second kappa shape index (κ2) is 5.69. The molecule has 0 bridgehead atoms. The summed E-state index contributed by atoms with van der Waals surface area (Å²) < 4.78 is 31.8. The Labute approximate surface area is 107 Å². The maximum atomic E-state index is 11.8. The predicted molar refractivity (Wildman–Crippen MR) is 67.9 cm³/mol. The van der Waals surface area contributed by atoms with Crippen LogP contribution in [0.5, 0.6) is 5.75 Å². The highest BCUT2D eigenvalue weighted by atomic mass is 32.2. The first-order valence-corrected chi connectivity index (χ1v) is 7.60. The molecule has 1 atom stereocenters. The second-order valence-electron chi connectivity index (χ2n) is 4.24. The lowest BCUT2D eigenvalue weighted by Gasteiger charge is -2.26. The Balaban J connectivity index is 2.12. The Morgan fingerprint density at radius 1 is 1.39 bits per heavy atom. The molecule has 0 amide bonds. The van der Waals surface area contributed by atoms with Crippen molar-refractivity contribution >= 4 is 10.0 Å². The van der Waals surface area contributed by atoms with Gasteiger partial charge in [0.25, 0.3) is 0 Å². The fourth-order valence-electron chi connectivity index (χ4n) is 1.99. The van der Waals surface area contributed by atoms with E-state index in [2.05, 4.69) is 4.72 Å². The topological polar surface area (TPSA) is 75.6 Å². The molecule has 0 aliphatic carbocycles. The number of ether oxygens (including phenoxy) is 1. The number of fused-ring (bicyclic) bond motifs is 1. The van der Waals surface area contributed by atoms with E-state index in [0.29, 0.717) is 13.0 Å². The van der Waals surface area contributed by atoms with Gasteiger partial charge in [0, 0.05) is 18.6 Å². The zero-order chi connectivity index (χ0) is 13.0. The molecule has 1 unspecified atom stereocenters. The van der Waals surface area contributed by atoms with E-state index < -0.39 is 10.0 Å². The van der Waals surface area contributed by atoms with Gasteiger partial charge in [0.15, 0.2) is 0 Å². The summed E-state index contributed by atoms with van der Waals surface area (Å²) in [6.07, 6.45) is 0.871. The van der Waals surface area contributed by atoms with Crippen LogP contribution in [-0.2, 0) is 10.0 Å². The van der Waals surface area contributed by atoms with Gasteiger partial charge < -0.3 is 9.84 Å². The van der Waals surface area contributed by atoms with E-state index in [9.17, 15) is 8.42 Å². The highest BCUT2D eigenvalue weighted by molar-refractivity contribution is 7.89. The van der Waals surface area contributed by atoms with Gasteiger partial charge in [-0.1, -0.05) is 18.2 Å². The van der Waals surface area contributed by atoms with Gasteiger partial charge >= 0.3 is 0 Å². The number of sulfonamides is 1. The van der Waals surface area contributed by atoms with Gasteiger partial charge in [-0.15, -0.1) is 0 Å². The molecule has 0 aromatic heterocycles. The van der Waals surface area contributed by atoms with Crippen LogP contribution >= 0.6 is 0 Å². The van der Waals surface area contributed by atoms with E-state index in [0.717, 1.165) is 11.3 Å². The monoisotopic (exact) mass is 271 g/mol. The van der Waals surface area contributed by atoms with E-state index in [-0.39, 0.29) is 24.8 Å². The van der Waals surface area contributed by atoms with Crippen LogP contribution in [0, 0.1) is 0 Å². The summed E-state index contributed by atoms with van der Waals surface area (Å²) in [7, 11) is -3.35. The van der Waals surface area contributed by atoms with Crippen LogP contribution in [0.25, 0.3) is 0 Å². The Morgan fingerprint density at radius 3 is 2.94 bits per heavy atom. The van der Waals surface area contributed by atoms with Crippen LogP contribution in [0.3, 0.4) is 0 Å². The first-order valence-electron chi connectivity index (χ1n) is 5.95. The number of hydrogen-bond donors (Lipinski definition) is 2. The summed E-state index contributed by atoms with van der Waals surface area (Å²) in [5.74, 6) is 0.682. The highest BCUT2D eigenvalue weighted by Crippen LogP contribution is 2.31. The number of hydrogen-bond acceptors (Lipinski definition) is 4. The molecule has 0 saturated heterocycles. The number of rotatable bonds is 5. The average Bonchev–Trinajstić information content (AvgIpc) is 2.37. The lowest BCUT2D eigenvalue weighted by Crippen LogP contribution is -2.33. The van der Waals surface area contributed by atoms with Crippen LogP contribution in [0.15, 0.2) is 24.3 Å². The average molecular weight is 271 g/mol. The molecular weight excluding hydrogens is 254 g/mol. The molecule has 2 rings (SSSR count). The number of benzene rings is 1. The van der Waals surface area contributed by atoms with Crippen molar-refractivity contribution in [3.05, 3.63) is 29.8 Å². The second-order valence-corrected chi connectivity index (χ2v) is 6.11. The molecule has 0 spiro atoms. The third-order valence-corrected chi connectivity index (χ3v) is 4.32. The molecule has 1 heterocycles. The molecular formula is C12H17NO4S. The summed E-state index contributed by atoms with van der Waals surface area (Å²) in [6, 6.07) is 7.19. The van der Waals surface area contributed by atoms with Gasteiger partial charge in [-0.25, -0.2) is 13.1 Å². The number of nitrogens with one attached hydrogen (secondary N) is 1. The van der Waals surface area contributed by atoms with Crippen LogP contribution in [0.2, 0.25) is 0 Å². The summed E-state index contributed by atoms with van der Waals surface area (Å²) >= 11 is 0. The number of para-hydroxylation sites is 1. The molecule has 5 nitrogen and oxygen atoms in total. The predicted octanol–water partition coefficient (Wildman–Crippen LogP) is 0.812. The largest absolute Gasteiger partial charge is 0.493 e. The van der Waals surface area contributed by atoms with Crippen molar-refractivity contribution in [3.8, 4) is 5.75 Å². The van der Waals surface area contributed by atoms with Gasteiger partial charge in [0.05, 0.1) is 18.4 Å². The van der Waals surface area contributed by atoms with E-state index in [1.165, 1.54) is 0 Å². The SMILES string of the molecule is O=S(=O)(CCCO)NC1CCOc2ccccc21. The minimum Gasteiger partial charge on any atom is -0.493 e. The lowest BCUT2D eigenvalue weighted by molar-refractivity contribution is 0.262. The van der Waals surface area contributed by atoms with Gasteiger partial charge in [-0.3, -0.25) is 0 Å². The Hall–Kier alpha value is -1.11. The maximum Gasteiger partial charge on any atom is 0.212 e. The third kappa shape index (κ3) is 3.22. The van der Waals surface area contributed by atoms with Crippen molar-refractivity contribution in [1.29, 1.82) is 0 Å². The van der Waals surface area contributed by atoms with Crippen LogP contribution in [0.1, 0.15) is 24.4 Å². The van der Waals surface area contributed by atoms with Crippen LogP contribution in [-0.4, -0.2) is 32.5 Å². The normalized spacial score (nSPS) is 19.1. The van der Waals surface area contributed by atoms with E-state index in [1.807, 2.05) is 24.3 Å². The van der Waals surface area contributed by atoms with Gasteiger partial charge in [0.1, 0.15) is 5.75 Å². The number of aliphatic hydroxyl groups excluding tert-OH is 1.